The van der Waals surface area contributed by atoms with Crippen LogP contribution in [0.2, 0.25) is 0 Å². The highest BCUT2D eigenvalue weighted by Gasteiger charge is 2.31. The predicted molar refractivity (Wildman–Crippen MR) is 67.2 cm³/mol. The molecule has 0 radical (unpaired) electrons. The van der Waals surface area contributed by atoms with Gasteiger partial charge in [0.15, 0.2) is 0 Å². The van der Waals surface area contributed by atoms with Crippen LogP contribution in [0.4, 0.5) is 0 Å². The van der Waals surface area contributed by atoms with Gasteiger partial charge in [-0.1, -0.05) is 34.6 Å². The monoisotopic (exact) mass is 215 g/mol. The Morgan fingerprint density at radius 3 is 1.93 bits per heavy atom. The maximum absolute atomic E-state index is 5.64. The van der Waals surface area contributed by atoms with E-state index in [1.807, 2.05) is 14.2 Å². The van der Waals surface area contributed by atoms with Crippen LogP contribution in [0.3, 0.4) is 0 Å². The van der Waals surface area contributed by atoms with Crippen molar-refractivity contribution in [1.82, 2.24) is 5.32 Å². The van der Waals surface area contributed by atoms with Crippen LogP contribution in [0.5, 0.6) is 0 Å². The van der Waals surface area contributed by atoms with Crippen LogP contribution in [0, 0.1) is 11.3 Å². The molecular weight excluding hydrogens is 186 g/mol. The fraction of sp³-hybridized carbons (Fsp3) is 1.00. The molecule has 0 bridgehead atoms. The zero-order valence-electron chi connectivity index (χ0n) is 11.6. The fourth-order valence-corrected chi connectivity index (χ4v) is 2.08. The molecule has 2 atom stereocenters. The minimum Gasteiger partial charge on any atom is -0.379 e. The van der Waals surface area contributed by atoms with Crippen molar-refractivity contribution in [3.05, 3.63) is 0 Å². The maximum atomic E-state index is 5.64. The largest absolute Gasteiger partial charge is 0.379 e. The average molecular weight is 215 g/mol. The zero-order chi connectivity index (χ0) is 12.1. The number of likely N-dealkylation sites (N-methyl/N-ethyl adjacent to an activating group) is 1. The molecule has 0 aromatic carbocycles. The van der Waals surface area contributed by atoms with E-state index in [0.29, 0.717) is 6.04 Å². The molecule has 0 saturated heterocycles. The molecule has 92 valence electrons. The highest BCUT2D eigenvalue weighted by atomic mass is 16.5. The molecule has 0 rings (SSSR count). The summed E-state index contributed by atoms with van der Waals surface area (Å²) in [5.41, 5.74) is 0.194. The Morgan fingerprint density at radius 2 is 1.67 bits per heavy atom. The van der Waals surface area contributed by atoms with E-state index in [1.54, 1.807) is 0 Å². The Morgan fingerprint density at radius 1 is 1.13 bits per heavy atom. The Bertz CT molecular complexity index is 160. The SMILES string of the molecule is CNC(CCC(C)C)C(OC)C(C)(C)C. The van der Waals surface area contributed by atoms with E-state index < -0.39 is 0 Å². The molecule has 0 aromatic heterocycles. The van der Waals surface area contributed by atoms with Crippen molar-refractivity contribution in [2.24, 2.45) is 11.3 Å². The second-order valence-corrected chi connectivity index (χ2v) is 5.89. The first-order chi connectivity index (χ1) is 6.82. The van der Waals surface area contributed by atoms with E-state index in [-0.39, 0.29) is 11.5 Å². The van der Waals surface area contributed by atoms with Gasteiger partial charge < -0.3 is 10.1 Å². The Balaban J connectivity index is 4.35. The standard InChI is InChI=1S/C13H29NO/c1-10(2)8-9-11(14-6)12(15-7)13(3,4)5/h10-12,14H,8-9H2,1-7H3. The van der Waals surface area contributed by atoms with Gasteiger partial charge in [-0.15, -0.1) is 0 Å². The normalized spacial score (nSPS) is 16.8. The molecule has 0 aliphatic heterocycles. The van der Waals surface area contributed by atoms with E-state index in [2.05, 4.69) is 39.9 Å². The third kappa shape index (κ3) is 5.53. The minimum absolute atomic E-state index is 0.194. The molecule has 2 nitrogen and oxygen atoms in total. The fourth-order valence-electron chi connectivity index (χ4n) is 2.08. The van der Waals surface area contributed by atoms with Gasteiger partial charge in [-0.25, -0.2) is 0 Å². The second-order valence-electron chi connectivity index (χ2n) is 5.89. The van der Waals surface area contributed by atoms with Gasteiger partial charge in [0.1, 0.15) is 0 Å². The molecular formula is C13H29NO. The summed E-state index contributed by atoms with van der Waals surface area (Å²) in [5.74, 6) is 0.762. The smallest absolute Gasteiger partial charge is 0.0772 e. The number of methoxy groups -OCH3 is 1. The van der Waals surface area contributed by atoms with Crippen LogP contribution in [0.25, 0.3) is 0 Å². The summed E-state index contributed by atoms with van der Waals surface area (Å²) in [5, 5.41) is 3.39. The van der Waals surface area contributed by atoms with E-state index in [0.717, 1.165) is 5.92 Å². The van der Waals surface area contributed by atoms with E-state index in [9.17, 15) is 0 Å². The van der Waals surface area contributed by atoms with Gasteiger partial charge in [-0.2, -0.15) is 0 Å². The molecule has 0 aliphatic carbocycles. The third-order valence-electron chi connectivity index (χ3n) is 2.90. The lowest BCUT2D eigenvalue weighted by molar-refractivity contribution is -0.0124. The van der Waals surface area contributed by atoms with Gasteiger partial charge in [0, 0.05) is 13.2 Å². The number of rotatable bonds is 6. The van der Waals surface area contributed by atoms with Gasteiger partial charge in [0.05, 0.1) is 6.10 Å². The molecule has 0 spiro atoms. The lowest BCUT2D eigenvalue weighted by atomic mass is 9.82. The van der Waals surface area contributed by atoms with Crippen molar-refractivity contribution in [2.45, 2.75) is 59.6 Å². The average Bonchev–Trinajstić information content (AvgIpc) is 2.09. The van der Waals surface area contributed by atoms with Gasteiger partial charge >= 0.3 is 0 Å². The van der Waals surface area contributed by atoms with Crippen molar-refractivity contribution in [3.63, 3.8) is 0 Å². The Labute approximate surface area is 95.8 Å². The second kappa shape index (κ2) is 6.49. The van der Waals surface area contributed by atoms with Gasteiger partial charge in [-0.05, 0) is 31.2 Å². The summed E-state index contributed by atoms with van der Waals surface area (Å²) in [7, 11) is 3.85. The van der Waals surface area contributed by atoms with Crippen molar-refractivity contribution < 1.29 is 4.74 Å². The lowest BCUT2D eigenvalue weighted by Crippen LogP contribution is -2.46. The van der Waals surface area contributed by atoms with Crippen molar-refractivity contribution in [3.8, 4) is 0 Å². The van der Waals surface area contributed by atoms with Crippen LogP contribution in [-0.4, -0.2) is 26.3 Å². The first-order valence-electron chi connectivity index (χ1n) is 6.03. The van der Waals surface area contributed by atoms with E-state index >= 15 is 0 Å². The minimum atomic E-state index is 0.194. The summed E-state index contributed by atoms with van der Waals surface area (Å²) in [6.45, 7) is 11.2. The summed E-state index contributed by atoms with van der Waals surface area (Å²) in [4.78, 5) is 0. The van der Waals surface area contributed by atoms with Gasteiger partial charge in [0.25, 0.3) is 0 Å². The van der Waals surface area contributed by atoms with Crippen LogP contribution in [-0.2, 0) is 4.74 Å². The molecule has 0 saturated carbocycles. The summed E-state index contributed by atoms with van der Waals surface area (Å²) in [6.07, 6.45) is 2.71. The Kier molecular flexibility index (Phi) is 6.46. The molecule has 15 heavy (non-hydrogen) atoms. The van der Waals surface area contributed by atoms with Crippen molar-refractivity contribution in [2.75, 3.05) is 14.2 Å². The number of ether oxygens (including phenoxy) is 1. The molecule has 2 heteroatoms. The zero-order valence-corrected chi connectivity index (χ0v) is 11.6. The Hall–Kier alpha value is -0.0800. The predicted octanol–water partition coefficient (Wildman–Crippen LogP) is 3.07. The molecule has 2 unspecified atom stereocenters. The maximum Gasteiger partial charge on any atom is 0.0772 e. The summed E-state index contributed by atoms with van der Waals surface area (Å²) < 4.78 is 5.64. The van der Waals surface area contributed by atoms with Crippen molar-refractivity contribution >= 4 is 0 Å². The first kappa shape index (κ1) is 14.9. The van der Waals surface area contributed by atoms with Crippen LogP contribution < -0.4 is 5.32 Å². The molecule has 0 fully saturated rings. The highest BCUT2D eigenvalue weighted by Crippen LogP contribution is 2.26. The molecule has 0 aliphatic rings. The highest BCUT2D eigenvalue weighted by molar-refractivity contribution is 4.85. The van der Waals surface area contributed by atoms with E-state index in [4.69, 9.17) is 4.74 Å². The molecule has 0 amide bonds. The van der Waals surface area contributed by atoms with E-state index in [1.165, 1.54) is 12.8 Å². The van der Waals surface area contributed by atoms with Crippen LogP contribution in [0.1, 0.15) is 47.5 Å². The number of nitrogens with one attached hydrogen (secondary N) is 1. The number of hydrogen-bond donors (Lipinski definition) is 1. The molecule has 0 aromatic rings. The lowest BCUT2D eigenvalue weighted by Gasteiger charge is -2.36. The molecule has 0 heterocycles. The quantitative estimate of drug-likeness (QED) is 0.735. The topological polar surface area (TPSA) is 21.3 Å². The summed E-state index contributed by atoms with van der Waals surface area (Å²) >= 11 is 0. The number of hydrogen-bond acceptors (Lipinski definition) is 2. The van der Waals surface area contributed by atoms with Crippen LogP contribution >= 0.6 is 0 Å². The summed E-state index contributed by atoms with van der Waals surface area (Å²) in [6, 6.07) is 0.456. The van der Waals surface area contributed by atoms with Crippen LogP contribution in [0.15, 0.2) is 0 Å². The molecule has 1 N–H and O–H groups in total. The van der Waals surface area contributed by atoms with Crippen molar-refractivity contribution in [1.29, 1.82) is 0 Å². The van der Waals surface area contributed by atoms with Gasteiger partial charge in [-0.3, -0.25) is 0 Å². The third-order valence-corrected chi connectivity index (χ3v) is 2.90. The van der Waals surface area contributed by atoms with Gasteiger partial charge in [0.2, 0.25) is 0 Å². The first-order valence-corrected chi connectivity index (χ1v) is 6.03.